The van der Waals surface area contributed by atoms with E-state index in [0.717, 1.165) is 35.7 Å². The summed E-state index contributed by atoms with van der Waals surface area (Å²) in [5.41, 5.74) is 2.00. The number of aliphatic hydroxyl groups excluding tert-OH is 1. The van der Waals surface area contributed by atoms with E-state index in [1.165, 1.54) is 0 Å². The number of rotatable bonds is 12. The molecule has 0 spiro atoms. The van der Waals surface area contributed by atoms with Crippen molar-refractivity contribution < 1.29 is 19.3 Å². The van der Waals surface area contributed by atoms with Gasteiger partial charge in [0.25, 0.3) is 0 Å². The van der Waals surface area contributed by atoms with Crippen LogP contribution in [-0.4, -0.2) is 70.7 Å². The number of nitrogens with zero attached hydrogens (tertiary/aromatic N) is 1. The Kier molecular flexibility index (Phi) is 9.23. The average molecular weight is 389 g/mol. The molecule has 0 aliphatic carbocycles. The molecule has 0 saturated carbocycles. The highest BCUT2D eigenvalue weighted by Crippen LogP contribution is 2.29. The number of benzene rings is 2. The van der Waals surface area contributed by atoms with Crippen molar-refractivity contribution in [2.45, 2.75) is 12.2 Å². The molecule has 6 heteroatoms. The van der Waals surface area contributed by atoms with Gasteiger partial charge in [0.05, 0.1) is 26.9 Å². The van der Waals surface area contributed by atoms with Crippen molar-refractivity contribution in [1.29, 1.82) is 0 Å². The van der Waals surface area contributed by atoms with E-state index in [0.29, 0.717) is 6.54 Å². The lowest BCUT2D eigenvalue weighted by Crippen LogP contribution is -2.35. The Morgan fingerprint density at radius 1 is 0.893 bits per heavy atom. The lowest BCUT2D eigenvalue weighted by Gasteiger charge is -2.22. The van der Waals surface area contributed by atoms with Crippen LogP contribution in [0.15, 0.2) is 48.5 Å². The molecule has 28 heavy (non-hydrogen) atoms. The molecular weight excluding hydrogens is 356 g/mol. The van der Waals surface area contributed by atoms with Gasteiger partial charge in [-0.05, 0) is 49.5 Å². The number of hydrogen-bond donors (Lipinski definition) is 2. The van der Waals surface area contributed by atoms with Crippen LogP contribution >= 0.6 is 0 Å². The van der Waals surface area contributed by atoms with Gasteiger partial charge in [-0.25, -0.2) is 0 Å². The van der Waals surface area contributed by atoms with E-state index >= 15 is 0 Å². The molecule has 2 N–H and O–H groups in total. The number of hydrogen-bond acceptors (Lipinski definition) is 6. The molecule has 2 rings (SSSR count). The van der Waals surface area contributed by atoms with Gasteiger partial charge in [-0.1, -0.05) is 24.3 Å². The molecule has 0 unspecified atom stereocenters. The summed E-state index contributed by atoms with van der Waals surface area (Å²) < 4.78 is 16.6. The van der Waals surface area contributed by atoms with E-state index in [1.54, 1.807) is 14.2 Å². The van der Waals surface area contributed by atoms with Crippen molar-refractivity contribution in [2.24, 2.45) is 0 Å². The second-order valence-corrected chi connectivity index (χ2v) is 6.92. The van der Waals surface area contributed by atoms with E-state index in [2.05, 4.69) is 10.2 Å². The SMILES string of the molecule is COc1ccc(C(OC[C@@H](O)CNCCN(C)C)c2ccc(OC)cc2)cc1. The molecule has 0 radical (unpaired) electrons. The Hall–Kier alpha value is -2.12. The van der Waals surface area contributed by atoms with Gasteiger partial charge in [0.1, 0.15) is 17.6 Å². The number of ether oxygens (including phenoxy) is 3. The van der Waals surface area contributed by atoms with Gasteiger partial charge in [-0.3, -0.25) is 0 Å². The minimum atomic E-state index is -0.582. The lowest BCUT2D eigenvalue weighted by atomic mass is 10.0. The van der Waals surface area contributed by atoms with Gasteiger partial charge in [-0.2, -0.15) is 0 Å². The molecule has 0 fully saturated rings. The average Bonchev–Trinajstić information content (AvgIpc) is 2.72. The summed E-state index contributed by atoms with van der Waals surface area (Å²) in [4.78, 5) is 2.10. The Labute approximate surface area is 168 Å². The number of likely N-dealkylation sites (N-methyl/N-ethyl adjacent to an activating group) is 1. The van der Waals surface area contributed by atoms with Crippen LogP contribution < -0.4 is 14.8 Å². The van der Waals surface area contributed by atoms with Crippen molar-refractivity contribution in [2.75, 3.05) is 54.6 Å². The molecule has 2 aromatic carbocycles. The molecule has 0 saturated heterocycles. The molecule has 0 aliphatic heterocycles. The topological polar surface area (TPSA) is 63.2 Å². The smallest absolute Gasteiger partial charge is 0.118 e. The third-order valence-electron chi connectivity index (χ3n) is 4.41. The van der Waals surface area contributed by atoms with Gasteiger partial charge in [0.2, 0.25) is 0 Å². The Balaban J connectivity index is 2.03. The fourth-order valence-corrected chi connectivity index (χ4v) is 2.78. The van der Waals surface area contributed by atoms with Gasteiger partial charge >= 0.3 is 0 Å². The summed E-state index contributed by atoms with van der Waals surface area (Å²) in [7, 11) is 7.34. The maximum atomic E-state index is 10.3. The van der Waals surface area contributed by atoms with Crippen LogP contribution in [0, 0.1) is 0 Å². The number of methoxy groups -OCH3 is 2. The first-order valence-corrected chi connectivity index (χ1v) is 9.46. The van der Waals surface area contributed by atoms with Crippen LogP contribution in [0.3, 0.4) is 0 Å². The standard InChI is InChI=1S/C22H32N2O4/c1-24(2)14-13-23-15-19(25)16-28-22(17-5-9-20(26-3)10-6-17)18-7-11-21(27-4)12-8-18/h5-12,19,22-23,25H,13-16H2,1-4H3/t19-/m0/s1. The Bertz CT molecular complexity index is 626. The van der Waals surface area contributed by atoms with E-state index < -0.39 is 6.10 Å². The molecule has 1 atom stereocenters. The van der Waals surface area contributed by atoms with Crippen molar-refractivity contribution in [1.82, 2.24) is 10.2 Å². The van der Waals surface area contributed by atoms with Crippen LogP contribution in [0.2, 0.25) is 0 Å². The normalized spacial score (nSPS) is 12.4. The second kappa shape index (κ2) is 11.7. The van der Waals surface area contributed by atoms with Crippen LogP contribution in [0.5, 0.6) is 11.5 Å². The van der Waals surface area contributed by atoms with Gasteiger partial charge in [0.15, 0.2) is 0 Å². The number of nitrogens with one attached hydrogen (secondary N) is 1. The molecule has 0 aromatic heterocycles. The molecule has 0 heterocycles. The monoisotopic (exact) mass is 388 g/mol. The van der Waals surface area contributed by atoms with Crippen LogP contribution in [0.4, 0.5) is 0 Å². The highest BCUT2D eigenvalue weighted by Gasteiger charge is 2.17. The Morgan fingerprint density at radius 3 is 1.82 bits per heavy atom. The number of aliphatic hydroxyl groups is 1. The van der Waals surface area contributed by atoms with Gasteiger partial charge in [0, 0.05) is 19.6 Å². The molecule has 6 nitrogen and oxygen atoms in total. The summed E-state index contributed by atoms with van der Waals surface area (Å²) in [6.45, 7) is 2.47. The highest BCUT2D eigenvalue weighted by molar-refractivity contribution is 5.36. The fraction of sp³-hybridized carbons (Fsp3) is 0.455. The zero-order valence-electron chi connectivity index (χ0n) is 17.2. The van der Waals surface area contributed by atoms with Crippen molar-refractivity contribution in [3.8, 4) is 11.5 Å². The summed E-state index contributed by atoms with van der Waals surface area (Å²) >= 11 is 0. The minimum Gasteiger partial charge on any atom is -0.497 e. The largest absolute Gasteiger partial charge is 0.497 e. The molecule has 0 amide bonds. The Morgan fingerprint density at radius 2 is 1.39 bits per heavy atom. The zero-order chi connectivity index (χ0) is 20.4. The predicted octanol–water partition coefficient (Wildman–Crippen LogP) is 2.32. The third kappa shape index (κ3) is 7.13. The van der Waals surface area contributed by atoms with E-state index in [9.17, 15) is 5.11 Å². The highest BCUT2D eigenvalue weighted by atomic mass is 16.5. The van der Waals surface area contributed by atoms with Crippen LogP contribution in [0.25, 0.3) is 0 Å². The molecular formula is C22H32N2O4. The minimum absolute atomic E-state index is 0.234. The molecule has 0 aliphatic rings. The second-order valence-electron chi connectivity index (χ2n) is 6.92. The van der Waals surface area contributed by atoms with Crippen molar-refractivity contribution in [3.63, 3.8) is 0 Å². The third-order valence-corrected chi connectivity index (χ3v) is 4.41. The molecule has 0 bridgehead atoms. The zero-order valence-corrected chi connectivity index (χ0v) is 17.2. The van der Waals surface area contributed by atoms with Crippen molar-refractivity contribution in [3.05, 3.63) is 59.7 Å². The summed E-state index contributed by atoms with van der Waals surface area (Å²) in [6, 6.07) is 15.6. The summed E-state index contributed by atoms with van der Waals surface area (Å²) in [5, 5.41) is 13.5. The first kappa shape index (κ1) is 22.2. The van der Waals surface area contributed by atoms with E-state index in [1.807, 2.05) is 62.6 Å². The lowest BCUT2D eigenvalue weighted by molar-refractivity contribution is 0.00655. The fourth-order valence-electron chi connectivity index (χ4n) is 2.78. The summed E-state index contributed by atoms with van der Waals surface area (Å²) in [6.07, 6.45) is -0.866. The van der Waals surface area contributed by atoms with Gasteiger partial charge in [-0.15, -0.1) is 0 Å². The van der Waals surface area contributed by atoms with Gasteiger partial charge < -0.3 is 29.5 Å². The van der Waals surface area contributed by atoms with Crippen molar-refractivity contribution >= 4 is 0 Å². The maximum absolute atomic E-state index is 10.3. The maximum Gasteiger partial charge on any atom is 0.118 e. The first-order valence-electron chi connectivity index (χ1n) is 9.46. The van der Waals surface area contributed by atoms with E-state index in [4.69, 9.17) is 14.2 Å². The first-order chi connectivity index (χ1) is 13.5. The molecule has 154 valence electrons. The van der Waals surface area contributed by atoms with E-state index in [-0.39, 0.29) is 12.7 Å². The predicted molar refractivity (Wildman–Crippen MR) is 111 cm³/mol. The van der Waals surface area contributed by atoms with Crippen LogP contribution in [-0.2, 0) is 4.74 Å². The van der Waals surface area contributed by atoms with Crippen LogP contribution in [0.1, 0.15) is 17.2 Å². The molecule has 2 aromatic rings. The summed E-state index contributed by atoms with van der Waals surface area (Å²) in [5.74, 6) is 1.59. The quantitative estimate of drug-likeness (QED) is 0.544.